The number of ether oxygens (including phenoxy) is 2. The van der Waals surface area contributed by atoms with Crippen molar-refractivity contribution >= 4 is 39.6 Å². The highest BCUT2D eigenvalue weighted by atomic mass is 32.1. The second kappa shape index (κ2) is 8.65. The molecule has 0 unspecified atom stereocenters. The van der Waals surface area contributed by atoms with Crippen LogP contribution in [0.3, 0.4) is 0 Å². The molecule has 1 aromatic carbocycles. The van der Waals surface area contributed by atoms with E-state index in [9.17, 15) is 4.79 Å². The number of thiophene rings is 1. The first-order valence-corrected chi connectivity index (χ1v) is 8.63. The molecule has 0 atom stereocenters. The van der Waals surface area contributed by atoms with Crippen LogP contribution in [0, 0.1) is 6.92 Å². The minimum atomic E-state index is -0.376. The van der Waals surface area contributed by atoms with Crippen LogP contribution in [-0.2, 0) is 11.2 Å². The van der Waals surface area contributed by atoms with Gasteiger partial charge < -0.3 is 20.1 Å². The van der Waals surface area contributed by atoms with Crippen LogP contribution >= 0.6 is 23.6 Å². The second-order valence-corrected chi connectivity index (χ2v) is 6.70. The Labute approximate surface area is 151 Å². The fourth-order valence-electron chi connectivity index (χ4n) is 2.24. The zero-order valence-electron chi connectivity index (χ0n) is 13.8. The molecule has 0 radical (unpaired) electrons. The van der Waals surface area contributed by atoms with E-state index in [1.807, 2.05) is 31.2 Å². The molecule has 128 valence electrons. The second-order valence-electron chi connectivity index (χ2n) is 5.03. The average Bonchev–Trinajstić information content (AvgIpc) is 2.94. The van der Waals surface area contributed by atoms with Crippen LogP contribution in [0.2, 0.25) is 0 Å². The lowest BCUT2D eigenvalue weighted by Gasteiger charge is -2.12. The number of esters is 1. The maximum atomic E-state index is 11.8. The molecule has 0 saturated heterocycles. The first-order chi connectivity index (χ1) is 11.5. The van der Waals surface area contributed by atoms with Gasteiger partial charge in [0.2, 0.25) is 0 Å². The van der Waals surface area contributed by atoms with Crippen molar-refractivity contribution in [2.45, 2.75) is 13.3 Å². The summed E-state index contributed by atoms with van der Waals surface area (Å²) in [5, 5.41) is 7.37. The lowest BCUT2D eigenvalue weighted by molar-refractivity contribution is 0.0602. The SMILES string of the molecule is COC(=O)c1cc(C)sc1NC(=S)NCCc1ccccc1OC. The molecule has 7 heteroatoms. The number of nitrogens with one attached hydrogen (secondary N) is 2. The standard InChI is InChI=1S/C17H20N2O3S2/c1-11-10-13(16(20)22-3)15(24-11)19-17(23)18-9-8-12-6-4-5-7-14(12)21-2/h4-7,10H,8-9H2,1-3H3,(H2,18,19,23). The Kier molecular flexibility index (Phi) is 6.57. The van der Waals surface area contributed by atoms with E-state index in [4.69, 9.17) is 21.7 Å². The summed E-state index contributed by atoms with van der Waals surface area (Å²) in [6.45, 7) is 2.59. The first kappa shape index (κ1) is 18.2. The average molecular weight is 364 g/mol. The van der Waals surface area contributed by atoms with Gasteiger partial charge in [0.1, 0.15) is 10.8 Å². The van der Waals surface area contributed by atoms with Gasteiger partial charge >= 0.3 is 5.97 Å². The van der Waals surface area contributed by atoms with Crippen LogP contribution in [0.1, 0.15) is 20.8 Å². The van der Waals surface area contributed by atoms with Gasteiger partial charge in [-0.25, -0.2) is 4.79 Å². The van der Waals surface area contributed by atoms with Crippen molar-refractivity contribution in [1.29, 1.82) is 0 Å². The molecular weight excluding hydrogens is 344 g/mol. The van der Waals surface area contributed by atoms with Crippen molar-refractivity contribution in [2.75, 3.05) is 26.1 Å². The summed E-state index contributed by atoms with van der Waals surface area (Å²) >= 11 is 6.77. The van der Waals surface area contributed by atoms with E-state index >= 15 is 0 Å². The van der Waals surface area contributed by atoms with Crippen LogP contribution in [-0.4, -0.2) is 31.8 Å². The van der Waals surface area contributed by atoms with Gasteiger partial charge in [-0.15, -0.1) is 11.3 Å². The van der Waals surface area contributed by atoms with Crippen molar-refractivity contribution < 1.29 is 14.3 Å². The monoisotopic (exact) mass is 364 g/mol. The molecule has 1 heterocycles. The fourth-order valence-corrected chi connectivity index (χ4v) is 3.41. The lowest BCUT2D eigenvalue weighted by Crippen LogP contribution is -2.30. The van der Waals surface area contributed by atoms with Crippen molar-refractivity contribution in [3.63, 3.8) is 0 Å². The number of hydrogen-bond acceptors (Lipinski definition) is 5. The van der Waals surface area contributed by atoms with Gasteiger partial charge in [-0.05, 0) is 43.3 Å². The summed E-state index contributed by atoms with van der Waals surface area (Å²) in [6, 6.07) is 9.66. The summed E-state index contributed by atoms with van der Waals surface area (Å²) < 4.78 is 10.1. The van der Waals surface area contributed by atoms with E-state index in [1.165, 1.54) is 18.4 Å². The topological polar surface area (TPSA) is 59.6 Å². The van der Waals surface area contributed by atoms with E-state index in [2.05, 4.69) is 10.6 Å². The zero-order chi connectivity index (χ0) is 17.5. The van der Waals surface area contributed by atoms with Gasteiger partial charge in [-0.1, -0.05) is 18.2 Å². The Morgan fingerprint density at radius 2 is 2.04 bits per heavy atom. The first-order valence-electron chi connectivity index (χ1n) is 7.40. The highest BCUT2D eigenvalue weighted by Gasteiger charge is 2.16. The van der Waals surface area contributed by atoms with Crippen LogP contribution < -0.4 is 15.4 Å². The summed E-state index contributed by atoms with van der Waals surface area (Å²) in [5.41, 5.74) is 1.60. The highest BCUT2D eigenvalue weighted by Crippen LogP contribution is 2.28. The molecule has 2 N–H and O–H groups in total. The third-order valence-electron chi connectivity index (χ3n) is 3.36. The number of hydrogen-bond donors (Lipinski definition) is 2. The summed E-state index contributed by atoms with van der Waals surface area (Å²) in [4.78, 5) is 12.8. The molecule has 0 aliphatic carbocycles. The van der Waals surface area contributed by atoms with Gasteiger partial charge in [0.15, 0.2) is 5.11 Å². The number of carbonyl (C=O) groups excluding carboxylic acids is 1. The quantitative estimate of drug-likeness (QED) is 0.605. The van der Waals surface area contributed by atoms with Crippen LogP contribution in [0.15, 0.2) is 30.3 Å². The molecule has 0 fully saturated rings. The molecule has 1 aromatic heterocycles. The van der Waals surface area contributed by atoms with Crippen LogP contribution in [0.4, 0.5) is 5.00 Å². The molecule has 24 heavy (non-hydrogen) atoms. The van der Waals surface area contributed by atoms with Crippen molar-refractivity contribution in [1.82, 2.24) is 5.32 Å². The van der Waals surface area contributed by atoms with Crippen molar-refractivity contribution in [3.8, 4) is 5.75 Å². The fraction of sp³-hybridized carbons (Fsp3) is 0.294. The molecule has 2 rings (SSSR count). The Balaban J connectivity index is 1.91. The van der Waals surface area contributed by atoms with Crippen LogP contribution in [0.25, 0.3) is 0 Å². The normalized spacial score (nSPS) is 10.1. The van der Waals surface area contributed by atoms with Crippen LogP contribution in [0.5, 0.6) is 5.75 Å². The van der Waals surface area contributed by atoms with E-state index in [-0.39, 0.29) is 5.97 Å². The molecule has 0 spiro atoms. The van der Waals surface area contributed by atoms with Gasteiger partial charge in [0.25, 0.3) is 0 Å². The number of thiocarbonyl (C=S) groups is 1. The van der Waals surface area contributed by atoms with Gasteiger partial charge in [-0.3, -0.25) is 0 Å². The molecule has 0 aliphatic rings. The minimum absolute atomic E-state index is 0.376. The zero-order valence-corrected chi connectivity index (χ0v) is 15.5. The smallest absolute Gasteiger partial charge is 0.340 e. The van der Waals surface area contributed by atoms with Gasteiger partial charge in [0.05, 0.1) is 19.8 Å². The minimum Gasteiger partial charge on any atom is -0.496 e. The number of benzene rings is 1. The molecule has 2 aromatic rings. The third kappa shape index (κ3) is 4.69. The number of para-hydroxylation sites is 1. The molecule has 0 bridgehead atoms. The number of carbonyl (C=O) groups is 1. The number of methoxy groups -OCH3 is 2. The van der Waals surface area contributed by atoms with E-state index < -0.39 is 0 Å². The van der Waals surface area contributed by atoms with Gasteiger partial charge in [-0.2, -0.15) is 0 Å². The maximum Gasteiger partial charge on any atom is 0.340 e. The Morgan fingerprint density at radius 3 is 2.75 bits per heavy atom. The Bertz CT molecular complexity index is 728. The predicted octanol–water partition coefficient (Wildman–Crippen LogP) is 3.38. The maximum absolute atomic E-state index is 11.8. The van der Waals surface area contributed by atoms with Crippen molar-refractivity contribution in [2.24, 2.45) is 0 Å². The molecular formula is C17H20N2O3S2. The lowest BCUT2D eigenvalue weighted by atomic mass is 10.1. The largest absolute Gasteiger partial charge is 0.496 e. The van der Waals surface area contributed by atoms with E-state index in [0.717, 1.165) is 22.6 Å². The summed E-state index contributed by atoms with van der Waals surface area (Å²) in [5.74, 6) is 0.485. The molecule has 0 amide bonds. The highest BCUT2D eigenvalue weighted by molar-refractivity contribution is 7.80. The number of rotatable bonds is 6. The molecule has 5 nitrogen and oxygen atoms in total. The summed E-state index contributed by atoms with van der Waals surface area (Å²) in [6.07, 6.45) is 0.777. The number of aryl methyl sites for hydroxylation is 1. The molecule has 0 aliphatic heterocycles. The van der Waals surface area contributed by atoms with E-state index in [0.29, 0.717) is 22.2 Å². The number of anilines is 1. The molecule has 0 saturated carbocycles. The van der Waals surface area contributed by atoms with Crippen molar-refractivity contribution in [3.05, 3.63) is 46.3 Å². The van der Waals surface area contributed by atoms with E-state index in [1.54, 1.807) is 13.2 Å². The summed E-state index contributed by atoms with van der Waals surface area (Å²) in [7, 11) is 3.02. The third-order valence-corrected chi connectivity index (χ3v) is 4.57. The van der Waals surface area contributed by atoms with Gasteiger partial charge in [0, 0.05) is 11.4 Å². The Hall–Kier alpha value is -2.12. The Morgan fingerprint density at radius 1 is 1.29 bits per heavy atom. The predicted molar refractivity (Wildman–Crippen MR) is 101 cm³/mol.